The van der Waals surface area contributed by atoms with Crippen LogP contribution in [0.3, 0.4) is 0 Å². The minimum atomic E-state index is -3.09. The Labute approximate surface area is 150 Å². The minimum Gasteiger partial charge on any atom is -0.360 e. The van der Waals surface area contributed by atoms with Crippen LogP contribution in [0.2, 0.25) is 0 Å². The fraction of sp³-hybridized carbons (Fsp3) is 0.588. The van der Waals surface area contributed by atoms with E-state index in [2.05, 4.69) is 28.8 Å². The predicted octanol–water partition coefficient (Wildman–Crippen LogP) is 2.79. The molecule has 0 saturated carbocycles. The van der Waals surface area contributed by atoms with Gasteiger partial charge in [0.25, 0.3) is 0 Å². The molecular weight excluding hydrogens is 342 g/mol. The van der Waals surface area contributed by atoms with Crippen molar-refractivity contribution >= 4 is 33.0 Å². The number of piperidine rings is 1. The quantitative estimate of drug-likeness (QED) is 0.782. The average molecular weight is 370 g/mol. The Balaban J connectivity index is 1.85. The van der Waals surface area contributed by atoms with Gasteiger partial charge in [-0.3, -0.25) is 0 Å². The van der Waals surface area contributed by atoms with Crippen molar-refractivity contribution in [1.82, 2.24) is 9.62 Å². The molecule has 0 amide bonds. The first-order valence-electron chi connectivity index (χ1n) is 8.44. The second kappa shape index (κ2) is 8.27. The summed E-state index contributed by atoms with van der Waals surface area (Å²) in [6.45, 7) is 7.11. The zero-order valence-corrected chi connectivity index (χ0v) is 16.3. The standard InChI is InChI=1S/C17H27N3O2S2/c1-4-11-24(21,22)20-9-7-15(8-10-20)18-17(23)19-16-12-13(2)5-6-14(16)3/h5-6,12,15H,4,7-11H2,1-3H3,(H2,18,19,23). The number of rotatable bonds is 5. The van der Waals surface area contributed by atoms with E-state index in [9.17, 15) is 8.42 Å². The van der Waals surface area contributed by atoms with Gasteiger partial charge in [0, 0.05) is 24.8 Å². The first-order chi connectivity index (χ1) is 11.3. The maximum atomic E-state index is 12.1. The molecule has 0 bridgehead atoms. The highest BCUT2D eigenvalue weighted by atomic mass is 32.2. The van der Waals surface area contributed by atoms with Crippen molar-refractivity contribution < 1.29 is 8.42 Å². The van der Waals surface area contributed by atoms with Gasteiger partial charge in [0.05, 0.1) is 5.75 Å². The number of aryl methyl sites for hydroxylation is 2. The van der Waals surface area contributed by atoms with E-state index in [0.29, 0.717) is 24.6 Å². The van der Waals surface area contributed by atoms with Crippen LogP contribution in [0.4, 0.5) is 5.69 Å². The third kappa shape index (κ3) is 5.16. The van der Waals surface area contributed by atoms with Crippen molar-refractivity contribution in [3.63, 3.8) is 0 Å². The number of thiocarbonyl (C=S) groups is 1. The van der Waals surface area contributed by atoms with E-state index >= 15 is 0 Å². The van der Waals surface area contributed by atoms with E-state index in [1.54, 1.807) is 4.31 Å². The van der Waals surface area contributed by atoms with Gasteiger partial charge in [-0.25, -0.2) is 12.7 Å². The maximum Gasteiger partial charge on any atom is 0.214 e. The number of benzene rings is 1. The topological polar surface area (TPSA) is 61.4 Å². The monoisotopic (exact) mass is 369 g/mol. The molecule has 2 rings (SSSR count). The summed E-state index contributed by atoms with van der Waals surface area (Å²) in [4.78, 5) is 0. The smallest absolute Gasteiger partial charge is 0.214 e. The van der Waals surface area contributed by atoms with Crippen molar-refractivity contribution in [1.29, 1.82) is 0 Å². The largest absolute Gasteiger partial charge is 0.360 e. The second-order valence-corrected chi connectivity index (χ2v) is 8.90. The first kappa shape index (κ1) is 19.1. The Kier molecular flexibility index (Phi) is 6.60. The summed E-state index contributed by atoms with van der Waals surface area (Å²) < 4.78 is 25.8. The van der Waals surface area contributed by atoms with Crippen molar-refractivity contribution in [2.45, 2.75) is 46.1 Å². The van der Waals surface area contributed by atoms with Crippen LogP contribution in [0.1, 0.15) is 37.3 Å². The first-order valence-corrected chi connectivity index (χ1v) is 10.5. The summed E-state index contributed by atoms with van der Waals surface area (Å²) in [5, 5.41) is 7.16. The molecule has 0 radical (unpaired) electrons. The Hall–Kier alpha value is -1.18. The molecule has 2 N–H and O–H groups in total. The maximum absolute atomic E-state index is 12.1. The lowest BCUT2D eigenvalue weighted by Crippen LogP contribution is -2.47. The molecule has 1 aliphatic rings. The lowest BCUT2D eigenvalue weighted by molar-refractivity contribution is 0.308. The van der Waals surface area contributed by atoms with Gasteiger partial charge < -0.3 is 10.6 Å². The molecule has 0 aromatic heterocycles. The number of nitrogens with one attached hydrogen (secondary N) is 2. The van der Waals surface area contributed by atoms with Gasteiger partial charge in [0.1, 0.15) is 0 Å². The molecule has 0 unspecified atom stereocenters. The summed E-state index contributed by atoms with van der Waals surface area (Å²) in [5.41, 5.74) is 3.33. The molecule has 24 heavy (non-hydrogen) atoms. The van der Waals surface area contributed by atoms with E-state index < -0.39 is 10.0 Å². The number of anilines is 1. The van der Waals surface area contributed by atoms with Crippen molar-refractivity contribution in [2.24, 2.45) is 0 Å². The van der Waals surface area contributed by atoms with Gasteiger partial charge in [-0.2, -0.15) is 0 Å². The SMILES string of the molecule is CCCS(=O)(=O)N1CCC(NC(=S)Nc2cc(C)ccc2C)CC1. The molecule has 0 aliphatic carbocycles. The van der Waals surface area contributed by atoms with E-state index in [4.69, 9.17) is 12.2 Å². The number of sulfonamides is 1. The Bertz CT molecular complexity index is 681. The van der Waals surface area contributed by atoms with Gasteiger partial charge in [0.15, 0.2) is 5.11 Å². The molecule has 1 heterocycles. The van der Waals surface area contributed by atoms with Crippen LogP contribution in [0, 0.1) is 13.8 Å². The molecule has 7 heteroatoms. The number of nitrogens with zero attached hydrogens (tertiary/aromatic N) is 1. The van der Waals surface area contributed by atoms with Crippen molar-refractivity contribution in [2.75, 3.05) is 24.2 Å². The summed E-state index contributed by atoms with van der Waals surface area (Å²) in [6.07, 6.45) is 2.21. The lowest BCUT2D eigenvalue weighted by Gasteiger charge is -2.32. The lowest BCUT2D eigenvalue weighted by atomic mass is 10.1. The van der Waals surface area contributed by atoms with Crippen molar-refractivity contribution in [3.8, 4) is 0 Å². The normalized spacial score (nSPS) is 16.8. The molecule has 5 nitrogen and oxygen atoms in total. The average Bonchev–Trinajstić information content (AvgIpc) is 2.51. The predicted molar refractivity (Wildman–Crippen MR) is 104 cm³/mol. The van der Waals surface area contributed by atoms with Gasteiger partial charge >= 0.3 is 0 Å². The summed E-state index contributed by atoms with van der Waals surface area (Å²) in [7, 11) is -3.09. The molecule has 1 aromatic rings. The fourth-order valence-electron chi connectivity index (χ4n) is 2.88. The van der Waals surface area contributed by atoms with Gasteiger partial charge in [0.2, 0.25) is 10.0 Å². The van der Waals surface area contributed by atoms with Crippen LogP contribution >= 0.6 is 12.2 Å². The molecule has 1 fully saturated rings. The highest BCUT2D eigenvalue weighted by Gasteiger charge is 2.27. The number of hydrogen-bond donors (Lipinski definition) is 2. The van der Waals surface area contributed by atoms with Crippen LogP contribution in [0.15, 0.2) is 18.2 Å². The van der Waals surface area contributed by atoms with E-state index in [-0.39, 0.29) is 11.8 Å². The van der Waals surface area contributed by atoms with Gasteiger partial charge in [-0.15, -0.1) is 0 Å². The summed E-state index contributed by atoms with van der Waals surface area (Å²) in [5.74, 6) is 0.234. The van der Waals surface area contributed by atoms with Crippen LogP contribution in [-0.2, 0) is 10.0 Å². The zero-order valence-electron chi connectivity index (χ0n) is 14.6. The minimum absolute atomic E-state index is 0.211. The third-order valence-corrected chi connectivity index (χ3v) is 6.58. The molecule has 134 valence electrons. The Morgan fingerprint density at radius 2 is 1.96 bits per heavy atom. The molecule has 0 spiro atoms. The van der Waals surface area contributed by atoms with Crippen molar-refractivity contribution in [3.05, 3.63) is 29.3 Å². The molecule has 0 atom stereocenters. The molecular formula is C17H27N3O2S2. The zero-order chi connectivity index (χ0) is 17.7. The number of hydrogen-bond acceptors (Lipinski definition) is 3. The highest BCUT2D eigenvalue weighted by Crippen LogP contribution is 2.18. The fourth-order valence-corrected chi connectivity index (χ4v) is 4.70. The van der Waals surface area contributed by atoms with E-state index in [0.717, 1.165) is 24.1 Å². The Morgan fingerprint density at radius 3 is 2.58 bits per heavy atom. The van der Waals surface area contributed by atoms with E-state index in [1.165, 1.54) is 5.56 Å². The van der Waals surface area contributed by atoms with Crippen LogP contribution in [0.25, 0.3) is 0 Å². The molecule has 1 saturated heterocycles. The summed E-state index contributed by atoms with van der Waals surface area (Å²) >= 11 is 5.41. The van der Waals surface area contributed by atoms with Crippen LogP contribution < -0.4 is 10.6 Å². The molecule has 1 aromatic carbocycles. The van der Waals surface area contributed by atoms with Crippen LogP contribution in [-0.4, -0.2) is 42.7 Å². The third-order valence-electron chi connectivity index (χ3n) is 4.29. The van der Waals surface area contributed by atoms with Gasteiger partial charge in [-0.1, -0.05) is 19.1 Å². The second-order valence-electron chi connectivity index (χ2n) is 6.41. The summed E-state index contributed by atoms with van der Waals surface area (Å²) in [6, 6.07) is 6.42. The molecule has 1 aliphatic heterocycles. The Morgan fingerprint density at radius 1 is 1.29 bits per heavy atom. The highest BCUT2D eigenvalue weighted by molar-refractivity contribution is 7.89. The van der Waals surface area contributed by atoms with Crippen LogP contribution in [0.5, 0.6) is 0 Å². The van der Waals surface area contributed by atoms with Gasteiger partial charge in [-0.05, 0) is 62.5 Å². The van der Waals surface area contributed by atoms with E-state index in [1.807, 2.05) is 20.8 Å².